The van der Waals surface area contributed by atoms with Crippen molar-refractivity contribution in [3.8, 4) is 17.1 Å². The second-order valence-electron chi connectivity index (χ2n) is 6.08. The van der Waals surface area contributed by atoms with Gasteiger partial charge in [-0.2, -0.15) is 9.90 Å². The van der Waals surface area contributed by atoms with Gasteiger partial charge in [0.25, 0.3) is 0 Å². The molecule has 0 aliphatic rings. The van der Waals surface area contributed by atoms with E-state index in [9.17, 15) is 0 Å². The Balaban J connectivity index is 1.58. The van der Waals surface area contributed by atoms with Crippen LogP contribution in [0.15, 0.2) is 64.2 Å². The number of thiol groups is 1. The third-order valence-electron chi connectivity index (χ3n) is 4.26. The van der Waals surface area contributed by atoms with Gasteiger partial charge in [0, 0.05) is 4.47 Å². The lowest BCUT2D eigenvalue weighted by Gasteiger charge is -2.05. The van der Waals surface area contributed by atoms with Crippen molar-refractivity contribution < 1.29 is 0 Å². The number of hydrogen-bond donors (Lipinski definition) is 1. The number of aryl methyl sites for hydroxylation is 1. The molecule has 136 valence electrons. The van der Waals surface area contributed by atoms with Crippen LogP contribution >= 0.6 is 28.6 Å². The van der Waals surface area contributed by atoms with E-state index in [1.165, 1.54) is 5.56 Å². The van der Waals surface area contributed by atoms with Crippen LogP contribution in [0, 0.1) is 0 Å². The van der Waals surface area contributed by atoms with Gasteiger partial charge in [0.1, 0.15) is 5.03 Å². The van der Waals surface area contributed by atoms with Gasteiger partial charge >= 0.3 is 0 Å². The maximum absolute atomic E-state index is 4.63. The molecule has 2 heterocycles. The van der Waals surface area contributed by atoms with Crippen molar-refractivity contribution in [2.24, 2.45) is 0 Å². The normalized spacial score (nSPS) is 11.1. The van der Waals surface area contributed by atoms with E-state index in [1.807, 2.05) is 36.4 Å². The summed E-state index contributed by atoms with van der Waals surface area (Å²) in [7, 11) is 0. The van der Waals surface area contributed by atoms with E-state index in [2.05, 4.69) is 68.1 Å². The van der Waals surface area contributed by atoms with Crippen LogP contribution in [-0.2, 0) is 13.0 Å². The van der Waals surface area contributed by atoms with Crippen molar-refractivity contribution in [2.45, 2.75) is 24.9 Å². The first kappa shape index (κ1) is 17.9. The van der Waals surface area contributed by atoms with Gasteiger partial charge in [-0.25, -0.2) is 4.68 Å². The maximum Gasteiger partial charge on any atom is 0.209 e. The number of aromatic nitrogens is 6. The first-order chi connectivity index (χ1) is 13.1. The summed E-state index contributed by atoms with van der Waals surface area (Å²) >= 11 is 8.07. The van der Waals surface area contributed by atoms with Gasteiger partial charge in [-0.3, -0.25) is 0 Å². The summed E-state index contributed by atoms with van der Waals surface area (Å²) < 4.78 is 2.81. The molecule has 0 saturated carbocycles. The molecule has 0 atom stereocenters. The molecule has 2 aromatic carbocycles. The Hall–Kier alpha value is -2.45. The van der Waals surface area contributed by atoms with Crippen molar-refractivity contribution in [3.63, 3.8) is 0 Å². The lowest BCUT2D eigenvalue weighted by atomic mass is 10.1. The van der Waals surface area contributed by atoms with Crippen molar-refractivity contribution in [2.75, 3.05) is 0 Å². The summed E-state index contributed by atoms with van der Waals surface area (Å²) in [5, 5.41) is 17.9. The van der Waals surface area contributed by atoms with Crippen LogP contribution in [0.4, 0.5) is 0 Å². The Labute approximate surface area is 170 Å². The van der Waals surface area contributed by atoms with Gasteiger partial charge < -0.3 is 0 Å². The lowest BCUT2D eigenvalue weighted by Crippen LogP contribution is -2.03. The summed E-state index contributed by atoms with van der Waals surface area (Å²) in [4.78, 5) is 1.57. The molecule has 0 aliphatic carbocycles. The van der Waals surface area contributed by atoms with E-state index in [4.69, 9.17) is 0 Å². The first-order valence-electron chi connectivity index (χ1n) is 8.53. The molecule has 0 aliphatic heterocycles. The Morgan fingerprint density at radius 2 is 1.70 bits per heavy atom. The zero-order valence-electron chi connectivity index (χ0n) is 14.6. The summed E-state index contributed by atoms with van der Waals surface area (Å²) in [5.41, 5.74) is 4.08. The van der Waals surface area contributed by atoms with Crippen LogP contribution in [0.1, 0.15) is 18.1 Å². The third-order valence-corrected chi connectivity index (χ3v) is 5.22. The highest BCUT2D eigenvalue weighted by Crippen LogP contribution is 2.25. The van der Waals surface area contributed by atoms with E-state index >= 15 is 0 Å². The van der Waals surface area contributed by atoms with Crippen LogP contribution in [0.2, 0.25) is 0 Å². The van der Waals surface area contributed by atoms with E-state index in [0.29, 0.717) is 17.4 Å². The number of halogens is 1. The Kier molecular flexibility index (Phi) is 5.09. The highest BCUT2D eigenvalue weighted by molar-refractivity contribution is 9.10. The molecule has 2 aromatic heterocycles. The van der Waals surface area contributed by atoms with E-state index in [0.717, 1.165) is 27.7 Å². The minimum Gasteiger partial charge on any atom is -0.227 e. The largest absolute Gasteiger partial charge is 0.227 e. The molecule has 4 rings (SSSR count). The topological polar surface area (TPSA) is 61.4 Å². The predicted molar refractivity (Wildman–Crippen MR) is 110 cm³/mol. The molecule has 6 nitrogen and oxygen atoms in total. The minimum absolute atomic E-state index is 0.508. The van der Waals surface area contributed by atoms with Crippen molar-refractivity contribution in [1.29, 1.82) is 0 Å². The van der Waals surface area contributed by atoms with Gasteiger partial charge in [-0.15, -0.1) is 22.8 Å². The highest BCUT2D eigenvalue weighted by atomic mass is 79.9. The number of hydrogen-bond acceptors (Lipinski definition) is 5. The Morgan fingerprint density at radius 1 is 1.00 bits per heavy atom. The van der Waals surface area contributed by atoms with E-state index < -0.39 is 0 Å². The number of benzene rings is 2. The molecule has 0 radical (unpaired) electrons. The third kappa shape index (κ3) is 3.81. The Bertz CT molecular complexity index is 1050. The summed E-state index contributed by atoms with van der Waals surface area (Å²) in [6.45, 7) is 2.68. The van der Waals surface area contributed by atoms with E-state index in [1.54, 1.807) is 15.7 Å². The molecule has 0 fully saturated rings. The fourth-order valence-corrected chi connectivity index (χ4v) is 3.32. The van der Waals surface area contributed by atoms with Crippen molar-refractivity contribution in [3.05, 3.63) is 70.3 Å². The van der Waals surface area contributed by atoms with Crippen LogP contribution < -0.4 is 0 Å². The molecule has 0 amide bonds. The lowest BCUT2D eigenvalue weighted by molar-refractivity contribution is 0.573. The molecule has 27 heavy (non-hydrogen) atoms. The molecule has 0 bridgehead atoms. The second kappa shape index (κ2) is 7.66. The zero-order valence-corrected chi connectivity index (χ0v) is 17.1. The molecule has 0 saturated heterocycles. The molecule has 0 unspecified atom stereocenters. The fraction of sp³-hybridized carbons (Fsp3) is 0.158. The van der Waals surface area contributed by atoms with Crippen LogP contribution in [0.25, 0.3) is 17.1 Å². The average Bonchev–Trinajstić information content (AvgIpc) is 3.30. The Morgan fingerprint density at radius 3 is 2.41 bits per heavy atom. The summed E-state index contributed by atoms with van der Waals surface area (Å²) in [6, 6.07) is 16.3. The SMILES string of the molecule is CCc1ccc(-n2ncc(-c3nnn(Cc4ccc(Br)cc4)n3)c2S)cc1. The average molecular weight is 441 g/mol. The maximum atomic E-state index is 4.63. The number of rotatable bonds is 5. The molecule has 0 N–H and O–H groups in total. The minimum atomic E-state index is 0.508. The number of tetrazole rings is 1. The van der Waals surface area contributed by atoms with Gasteiger partial charge in [0.05, 0.1) is 24.0 Å². The molecular weight excluding hydrogens is 424 g/mol. The van der Waals surface area contributed by atoms with Crippen LogP contribution in [0.5, 0.6) is 0 Å². The first-order valence-corrected chi connectivity index (χ1v) is 9.77. The molecule has 0 spiro atoms. The second-order valence-corrected chi connectivity index (χ2v) is 7.42. The monoisotopic (exact) mass is 440 g/mol. The summed E-state index contributed by atoms with van der Waals surface area (Å²) in [5.74, 6) is 0.508. The quantitative estimate of drug-likeness (QED) is 0.472. The molecule has 4 aromatic rings. The van der Waals surface area contributed by atoms with Crippen molar-refractivity contribution in [1.82, 2.24) is 30.0 Å². The fourth-order valence-electron chi connectivity index (χ4n) is 2.73. The van der Waals surface area contributed by atoms with Gasteiger partial charge in [0.2, 0.25) is 5.82 Å². The van der Waals surface area contributed by atoms with E-state index in [-0.39, 0.29) is 0 Å². The molecular formula is C19H17BrN6S. The van der Waals surface area contributed by atoms with Gasteiger partial charge in [0.15, 0.2) is 0 Å². The standard InChI is InChI=1S/C19H17BrN6S/c1-2-13-5-9-16(10-6-13)26-19(27)17(11-21-26)18-22-24-25(23-18)12-14-3-7-15(20)8-4-14/h3-11,27H,2,12H2,1H3. The predicted octanol–water partition coefficient (Wildman–Crippen LogP) is 4.19. The summed E-state index contributed by atoms with van der Waals surface area (Å²) in [6.07, 6.45) is 2.72. The van der Waals surface area contributed by atoms with Gasteiger partial charge in [-0.1, -0.05) is 47.1 Å². The highest BCUT2D eigenvalue weighted by Gasteiger charge is 2.15. The molecule has 8 heteroatoms. The van der Waals surface area contributed by atoms with Crippen LogP contribution in [0.3, 0.4) is 0 Å². The van der Waals surface area contributed by atoms with Crippen molar-refractivity contribution >= 4 is 28.6 Å². The number of nitrogens with zero attached hydrogens (tertiary/aromatic N) is 6. The van der Waals surface area contributed by atoms with Crippen LogP contribution in [-0.4, -0.2) is 30.0 Å². The zero-order chi connectivity index (χ0) is 18.8. The smallest absolute Gasteiger partial charge is 0.209 e. The van der Waals surface area contributed by atoms with Gasteiger partial charge in [-0.05, 0) is 47.0 Å².